The molecule has 0 aliphatic heterocycles. The molecule has 2 aromatic carbocycles. The number of hydrogen-bond donors (Lipinski definition) is 0. The number of unbranched alkanes of at least 4 members (excludes halogenated alkanes) is 1. The summed E-state index contributed by atoms with van der Waals surface area (Å²) in [6, 6.07) is 3.16. The van der Waals surface area contributed by atoms with E-state index in [1.807, 2.05) is 6.92 Å². The van der Waals surface area contributed by atoms with Crippen LogP contribution in [0.4, 0.5) is 30.7 Å². The van der Waals surface area contributed by atoms with E-state index >= 15 is 0 Å². The monoisotopic (exact) mass is 418 g/mol. The van der Waals surface area contributed by atoms with Crippen molar-refractivity contribution in [3.8, 4) is 5.75 Å². The number of alkyl halides is 3. The van der Waals surface area contributed by atoms with Crippen molar-refractivity contribution in [2.24, 2.45) is 0 Å². The van der Waals surface area contributed by atoms with Crippen LogP contribution in [0.2, 0.25) is 0 Å². The summed E-state index contributed by atoms with van der Waals surface area (Å²) in [5.41, 5.74) is 0.203. The fourth-order valence-corrected chi connectivity index (χ4v) is 3.43. The molecular weight excluding hydrogens is 401 g/mol. The van der Waals surface area contributed by atoms with Crippen molar-refractivity contribution in [3.63, 3.8) is 0 Å². The van der Waals surface area contributed by atoms with Gasteiger partial charge in [0, 0.05) is 5.56 Å². The van der Waals surface area contributed by atoms with Crippen LogP contribution in [0.1, 0.15) is 42.0 Å². The Hall–Kier alpha value is -2.51. The Morgan fingerprint density at radius 3 is 2.21 bits per heavy atom. The second-order valence-electron chi connectivity index (χ2n) is 6.84. The lowest BCUT2D eigenvalue weighted by Crippen LogP contribution is -2.20. The van der Waals surface area contributed by atoms with Crippen LogP contribution in [0.25, 0.3) is 5.57 Å². The normalized spacial score (nSPS) is 13.9. The Bertz CT molecular complexity index is 937. The van der Waals surface area contributed by atoms with Gasteiger partial charge in [0.2, 0.25) is 5.75 Å². The molecule has 0 saturated carbocycles. The van der Waals surface area contributed by atoms with Gasteiger partial charge in [-0.3, -0.25) is 0 Å². The van der Waals surface area contributed by atoms with E-state index in [-0.39, 0.29) is 35.1 Å². The SMILES string of the molecule is CCCCc1cc(F)c(C2=CCc3c(cc(F)c(OC(F)(F)F)c3F)C2)c(F)c1. The van der Waals surface area contributed by atoms with Crippen molar-refractivity contribution < 1.29 is 35.5 Å². The van der Waals surface area contributed by atoms with Gasteiger partial charge >= 0.3 is 6.36 Å². The second kappa shape index (κ2) is 8.08. The summed E-state index contributed by atoms with van der Waals surface area (Å²) in [6.07, 6.45) is -2.24. The van der Waals surface area contributed by atoms with Crippen LogP contribution >= 0.6 is 0 Å². The highest BCUT2D eigenvalue weighted by Gasteiger charge is 2.35. The van der Waals surface area contributed by atoms with Crippen molar-refractivity contribution in [3.05, 3.63) is 69.8 Å². The van der Waals surface area contributed by atoms with E-state index in [2.05, 4.69) is 4.74 Å². The van der Waals surface area contributed by atoms with Crippen molar-refractivity contribution in [1.82, 2.24) is 0 Å². The van der Waals surface area contributed by atoms with Gasteiger partial charge in [-0.1, -0.05) is 19.4 Å². The van der Waals surface area contributed by atoms with Gasteiger partial charge in [-0.25, -0.2) is 17.6 Å². The summed E-state index contributed by atoms with van der Waals surface area (Å²) >= 11 is 0. The largest absolute Gasteiger partial charge is 0.573 e. The highest BCUT2D eigenvalue weighted by Crippen LogP contribution is 2.38. The number of halogens is 7. The van der Waals surface area contributed by atoms with Gasteiger partial charge in [-0.15, -0.1) is 13.2 Å². The zero-order chi connectivity index (χ0) is 21.3. The summed E-state index contributed by atoms with van der Waals surface area (Å²) in [4.78, 5) is 0. The lowest BCUT2D eigenvalue weighted by Gasteiger charge is -2.21. The maximum absolute atomic E-state index is 14.5. The number of benzene rings is 2. The average Bonchev–Trinajstić information content (AvgIpc) is 2.62. The van der Waals surface area contributed by atoms with E-state index in [0.717, 1.165) is 12.8 Å². The van der Waals surface area contributed by atoms with Crippen LogP contribution < -0.4 is 4.74 Å². The molecule has 1 aliphatic carbocycles. The van der Waals surface area contributed by atoms with Crippen molar-refractivity contribution in [1.29, 1.82) is 0 Å². The average molecular weight is 418 g/mol. The molecule has 0 spiro atoms. The maximum Gasteiger partial charge on any atom is 0.573 e. The minimum atomic E-state index is -5.25. The molecule has 0 fully saturated rings. The Morgan fingerprint density at radius 2 is 1.62 bits per heavy atom. The highest BCUT2D eigenvalue weighted by molar-refractivity contribution is 5.72. The van der Waals surface area contributed by atoms with Gasteiger partial charge in [-0.05, 0) is 66.1 Å². The molecule has 0 heterocycles. The molecule has 29 heavy (non-hydrogen) atoms. The van der Waals surface area contributed by atoms with Gasteiger partial charge in [0.05, 0.1) is 0 Å². The smallest absolute Gasteiger partial charge is 0.399 e. The third kappa shape index (κ3) is 4.57. The van der Waals surface area contributed by atoms with Crippen molar-refractivity contribution in [2.75, 3.05) is 0 Å². The number of rotatable bonds is 5. The zero-order valence-electron chi connectivity index (χ0n) is 15.4. The molecule has 3 rings (SSSR count). The van der Waals surface area contributed by atoms with E-state index in [4.69, 9.17) is 0 Å². The summed E-state index contributed by atoms with van der Waals surface area (Å²) in [5, 5.41) is 0. The summed E-state index contributed by atoms with van der Waals surface area (Å²) in [6.45, 7) is 1.95. The van der Waals surface area contributed by atoms with Gasteiger partial charge in [0.25, 0.3) is 0 Å². The summed E-state index contributed by atoms with van der Waals surface area (Å²) in [5.74, 6) is -6.11. The number of ether oxygens (including phenoxy) is 1. The zero-order valence-corrected chi connectivity index (χ0v) is 15.4. The van der Waals surface area contributed by atoms with Crippen LogP contribution in [-0.4, -0.2) is 6.36 Å². The molecule has 8 heteroatoms. The third-order valence-corrected chi connectivity index (χ3v) is 4.76. The van der Waals surface area contributed by atoms with Gasteiger partial charge < -0.3 is 4.74 Å². The molecular formula is C21H17F7O. The van der Waals surface area contributed by atoms with Gasteiger partial charge in [0.1, 0.15) is 11.6 Å². The maximum atomic E-state index is 14.5. The number of fused-ring (bicyclic) bond motifs is 1. The first-order chi connectivity index (χ1) is 13.6. The lowest BCUT2D eigenvalue weighted by atomic mass is 9.86. The number of allylic oxidation sites excluding steroid dienone is 2. The molecule has 1 nitrogen and oxygen atoms in total. The van der Waals surface area contributed by atoms with Crippen LogP contribution in [-0.2, 0) is 19.3 Å². The third-order valence-electron chi connectivity index (χ3n) is 4.76. The molecule has 0 N–H and O–H groups in total. The first-order valence-corrected chi connectivity index (χ1v) is 9.03. The molecule has 0 radical (unpaired) electrons. The Kier molecular flexibility index (Phi) is 5.91. The fraction of sp³-hybridized carbons (Fsp3) is 0.333. The summed E-state index contributed by atoms with van der Waals surface area (Å²) < 4.78 is 98.0. The quantitative estimate of drug-likeness (QED) is 0.493. The molecule has 156 valence electrons. The fourth-order valence-electron chi connectivity index (χ4n) is 3.43. The standard InChI is InChI=1S/C21H17F7O/c1-2-3-4-11-7-15(22)18(16(23)8-11)12-5-6-14-13(9-12)10-17(24)20(19(14)25)29-21(26,27)28/h5,7-8,10H,2-4,6,9H2,1H3. The minimum Gasteiger partial charge on any atom is -0.399 e. The van der Waals surface area contributed by atoms with Gasteiger partial charge in [-0.2, -0.15) is 0 Å². The topological polar surface area (TPSA) is 9.23 Å². The lowest BCUT2D eigenvalue weighted by molar-refractivity contribution is -0.276. The number of aryl methyl sites for hydroxylation is 1. The highest BCUT2D eigenvalue weighted by atomic mass is 19.4. The Balaban J connectivity index is 1.94. The molecule has 0 amide bonds. The Labute approximate surface area is 162 Å². The van der Waals surface area contributed by atoms with Crippen LogP contribution in [0, 0.1) is 23.3 Å². The van der Waals surface area contributed by atoms with E-state index in [1.54, 1.807) is 0 Å². The second-order valence-corrected chi connectivity index (χ2v) is 6.84. The predicted octanol–water partition coefficient (Wildman–Crippen LogP) is 6.67. The van der Waals surface area contributed by atoms with Crippen LogP contribution in [0.3, 0.4) is 0 Å². The molecule has 0 saturated heterocycles. The minimum absolute atomic E-state index is 0.0147. The van der Waals surface area contributed by atoms with E-state index in [9.17, 15) is 30.7 Å². The Morgan fingerprint density at radius 1 is 0.966 bits per heavy atom. The first kappa shape index (κ1) is 21.2. The number of hydrogen-bond acceptors (Lipinski definition) is 1. The predicted molar refractivity (Wildman–Crippen MR) is 93.4 cm³/mol. The van der Waals surface area contributed by atoms with Crippen LogP contribution in [0.15, 0.2) is 24.3 Å². The first-order valence-electron chi connectivity index (χ1n) is 9.03. The van der Waals surface area contributed by atoms with Gasteiger partial charge in [0.15, 0.2) is 11.6 Å². The molecule has 0 aromatic heterocycles. The van der Waals surface area contributed by atoms with E-state index in [1.165, 1.54) is 18.2 Å². The molecule has 2 aromatic rings. The van der Waals surface area contributed by atoms with Crippen molar-refractivity contribution >= 4 is 5.57 Å². The van der Waals surface area contributed by atoms with Crippen LogP contribution in [0.5, 0.6) is 5.75 Å². The molecule has 0 unspecified atom stereocenters. The molecule has 0 atom stereocenters. The molecule has 0 bridgehead atoms. The van der Waals surface area contributed by atoms with E-state index < -0.39 is 35.4 Å². The molecule has 1 aliphatic rings. The summed E-state index contributed by atoms with van der Waals surface area (Å²) in [7, 11) is 0. The van der Waals surface area contributed by atoms with E-state index in [0.29, 0.717) is 18.1 Å². The van der Waals surface area contributed by atoms with Crippen molar-refractivity contribution in [2.45, 2.75) is 45.4 Å².